The van der Waals surface area contributed by atoms with Gasteiger partial charge in [0.05, 0.1) is 11.8 Å². The maximum absolute atomic E-state index is 10.4. The Balaban J connectivity index is 1.77. The molecule has 3 aromatic rings. The number of aliphatic hydroxyl groups excluding tert-OH is 1. The maximum Gasteiger partial charge on any atom is 0.181 e. The second kappa shape index (κ2) is 5.15. The van der Waals surface area contributed by atoms with E-state index in [9.17, 15) is 5.11 Å². The Bertz CT molecular complexity index is 906. The number of fused-ring (bicyclic) bond motifs is 2. The van der Waals surface area contributed by atoms with Gasteiger partial charge in [-0.25, -0.2) is 4.98 Å². The first-order valence-corrected chi connectivity index (χ1v) is 7.78. The van der Waals surface area contributed by atoms with Gasteiger partial charge in [0, 0.05) is 17.6 Å². The minimum absolute atomic E-state index is 0.465. The van der Waals surface area contributed by atoms with Gasteiger partial charge in [-0.2, -0.15) is 0 Å². The number of halogens is 1. The van der Waals surface area contributed by atoms with Gasteiger partial charge in [0.1, 0.15) is 5.82 Å². The first-order valence-electron chi connectivity index (χ1n) is 7.41. The number of rotatable bonds is 2. The summed E-state index contributed by atoms with van der Waals surface area (Å²) >= 11 is 6.09. The highest BCUT2D eigenvalue weighted by Crippen LogP contribution is 2.38. The van der Waals surface area contributed by atoms with Crippen LogP contribution in [0.1, 0.15) is 22.9 Å². The van der Waals surface area contributed by atoms with E-state index in [1.807, 2.05) is 43.5 Å². The molecule has 4 rings (SSSR count). The Kier molecular flexibility index (Phi) is 3.21. The lowest BCUT2D eigenvalue weighted by Crippen LogP contribution is -2.19. The molecule has 0 radical (unpaired) electrons. The van der Waals surface area contributed by atoms with Gasteiger partial charge in [-0.15, -0.1) is 0 Å². The molecule has 118 valence electrons. The summed E-state index contributed by atoms with van der Waals surface area (Å²) in [5.74, 6) is 1.17. The standard InChI is InChI=1S/C17H16ClN3O2/c1-9-16(19)21-6-2-3-14(17(21)20-9)23-15-12-8-11(18)5-4-10(12)7-13(15)22/h2-6,8,13,15,22H,7,19H2,1H3. The van der Waals surface area contributed by atoms with Gasteiger partial charge >= 0.3 is 0 Å². The van der Waals surface area contributed by atoms with Gasteiger partial charge in [-0.05, 0) is 42.3 Å². The Morgan fingerprint density at radius 2 is 2.22 bits per heavy atom. The van der Waals surface area contributed by atoms with Crippen molar-refractivity contribution in [2.24, 2.45) is 0 Å². The molecule has 0 aliphatic heterocycles. The van der Waals surface area contributed by atoms with Gasteiger partial charge in [0.2, 0.25) is 0 Å². The highest BCUT2D eigenvalue weighted by atomic mass is 35.5. The summed E-state index contributed by atoms with van der Waals surface area (Å²) < 4.78 is 7.89. The molecule has 0 amide bonds. The topological polar surface area (TPSA) is 72.8 Å². The molecule has 1 aliphatic rings. The van der Waals surface area contributed by atoms with E-state index in [2.05, 4.69) is 4.98 Å². The number of hydrogen-bond donors (Lipinski definition) is 2. The number of aryl methyl sites for hydroxylation is 1. The van der Waals surface area contributed by atoms with Crippen LogP contribution >= 0.6 is 11.6 Å². The zero-order valence-electron chi connectivity index (χ0n) is 12.5. The number of nitrogens with zero attached hydrogens (tertiary/aromatic N) is 2. The number of anilines is 1. The quantitative estimate of drug-likeness (QED) is 0.758. The van der Waals surface area contributed by atoms with Crippen LogP contribution in [0.5, 0.6) is 5.75 Å². The third-order valence-electron chi connectivity index (χ3n) is 4.28. The molecular formula is C17H16ClN3O2. The summed E-state index contributed by atoms with van der Waals surface area (Å²) in [6, 6.07) is 9.29. The zero-order valence-corrected chi connectivity index (χ0v) is 13.3. The van der Waals surface area contributed by atoms with Crippen molar-refractivity contribution in [3.63, 3.8) is 0 Å². The number of aromatic nitrogens is 2. The minimum Gasteiger partial charge on any atom is -0.479 e. The average molecular weight is 330 g/mol. The van der Waals surface area contributed by atoms with Crippen LogP contribution in [-0.2, 0) is 6.42 Å². The molecule has 0 spiro atoms. The van der Waals surface area contributed by atoms with Crippen LogP contribution in [0, 0.1) is 6.92 Å². The van der Waals surface area contributed by atoms with Gasteiger partial charge in [0.25, 0.3) is 0 Å². The Labute approximate surface area is 138 Å². The van der Waals surface area contributed by atoms with E-state index in [-0.39, 0.29) is 0 Å². The van der Waals surface area contributed by atoms with E-state index in [0.29, 0.717) is 28.7 Å². The lowest BCUT2D eigenvalue weighted by Gasteiger charge is -2.19. The van der Waals surface area contributed by atoms with Crippen molar-refractivity contribution < 1.29 is 9.84 Å². The molecule has 0 bridgehead atoms. The van der Waals surface area contributed by atoms with Crippen LogP contribution < -0.4 is 10.5 Å². The summed E-state index contributed by atoms with van der Waals surface area (Å²) in [6.45, 7) is 1.85. The summed E-state index contributed by atoms with van der Waals surface area (Å²) in [5.41, 5.74) is 9.38. The predicted octanol–water partition coefficient (Wildman–Crippen LogP) is 2.92. The van der Waals surface area contributed by atoms with Gasteiger partial charge in [0.15, 0.2) is 17.5 Å². The monoisotopic (exact) mass is 329 g/mol. The number of ether oxygens (including phenoxy) is 1. The lowest BCUT2D eigenvalue weighted by atomic mass is 10.1. The van der Waals surface area contributed by atoms with Gasteiger partial charge in [-0.1, -0.05) is 17.7 Å². The molecule has 5 nitrogen and oxygen atoms in total. The van der Waals surface area contributed by atoms with E-state index in [1.54, 1.807) is 4.40 Å². The number of imidazole rings is 1. The molecule has 2 unspecified atom stereocenters. The predicted molar refractivity (Wildman–Crippen MR) is 88.9 cm³/mol. The molecule has 0 saturated carbocycles. The molecule has 2 heterocycles. The maximum atomic E-state index is 10.4. The molecule has 0 fully saturated rings. The van der Waals surface area contributed by atoms with Crippen LogP contribution in [0.3, 0.4) is 0 Å². The van der Waals surface area contributed by atoms with E-state index in [0.717, 1.165) is 16.8 Å². The van der Waals surface area contributed by atoms with Crippen LogP contribution in [0.4, 0.5) is 5.82 Å². The molecule has 2 atom stereocenters. The summed E-state index contributed by atoms with van der Waals surface area (Å²) in [6.07, 6.45) is 1.31. The molecule has 3 N–H and O–H groups in total. The van der Waals surface area contributed by atoms with Crippen LogP contribution in [0.2, 0.25) is 5.02 Å². The molecule has 0 saturated heterocycles. The molecular weight excluding hydrogens is 314 g/mol. The van der Waals surface area contributed by atoms with E-state index in [1.165, 1.54) is 0 Å². The minimum atomic E-state index is -0.614. The average Bonchev–Trinajstić information content (AvgIpc) is 2.99. The third-order valence-corrected chi connectivity index (χ3v) is 4.52. The number of hydrogen-bond acceptors (Lipinski definition) is 4. The Morgan fingerprint density at radius 1 is 1.39 bits per heavy atom. The van der Waals surface area contributed by atoms with E-state index >= 15 is 0 Å². The molecule has 23 heavy (non-hydrogen) atoms. The van der Waals surface area contributed by atoms with Crippen LogP contribution in [-0.4, -0.2) is 20.6 Å². The molecule has 6 heteroatoms. The number of pyridine rings is 1. The zero-order chi connectivity index (χ0) is 16.1. The second-order valence-electron chi connectivity index (χ2n) is 5.80. The molecule has 1 aromatic carbocycles. The van der Waals surface area contributed by atoms with E-state index < -0.39 is 12.2 Å². The first-order chi connectivity index (χ1) is 11.0. The molecule has 1 aliphatic carbocycles. The summed E-state index contributed by atoms with van der Waals surface area (Å²) in [5, 5.41) is 11.0. The summed E-state index contributed by atoms with van der Waals surface area (Å²) in [4.78, 5) is 4.46. The highest BCUT2D eigenvalue weighted by molar-refractivity contribution is 6.30. The second-order valence-corrected chi connectivity index (χ2v) is 6.24. The summed E-state index contributed by atoms with van der Waals surface area (Å²) in [7, 11) is 0. The fourth-order valence-electron chi connectivity index (χ4n) is 3.10. The third kappa shape index (κ3) is 2.24. The SMILES string of the molecule is Cc1nc2c(OC3c4cc(Cl)ccc4CC3O)cccn2c1N. The van der Waals surface area contributed by atoms with Crippen molar-refractivity contribution >= 4 is 23.1 Å². The van der Waals surface area contributed by atoms with Crippen molar-refractivity contribution in [2.45, 2.75) is 25.6 Å². The number of benzene rings is 1. The van der Waals surface area contributed by atoms with Crippen molar-refractivity contribution in [3.8, 4) is 5.75 Å². The van der Waals surface area contributed by atoms with Crippen LogP contribution in [0.25, 0.3) is 5.65 Å². The van der Waals surface area contributed by atoms with Crippen molar-refractivity contribution in [3.05, 3.63) is 58.4 Å². The Hall–Kier alpha value is -2.24. The smallest absolute Gasteiger partial charge is 0.181 e. The number of nitrogen functional groups attached to an aromatic ring is 1. The molecule has 2 aromatic heterocycles. The van der Waals surface area contributed by atoms with Crippen molar-refractivity contribution in [2.75, 3.05) is 5.73 Å². The number of nitrogens with two attached hydrogens (primary N) is 1. The lowest BCUT2D eigenvalue weighted by molar-refractivity contribution is 0.0502. The first kappa shape index (κ1) is 14.4. The van der Waals surface area contributed by atoms with Crippen LogP contribution in [0.15, 0.2) is 36.5 Å². The van der Waals surface area contributed by atoms with Crippen molar-refractivity contribution in [1.82, 2.24) is 9.38 Å². The van der Waals surface area contributed by atoms with Gasteiger partial charge in [-0.3, -0.25) is 4.40 Å². The Morgan fingerprint density at radius 3 is 3.04 bits per heavy atom. The van der Waals surface area contributed by atoms with E-state index in [4.69, 9.17) is 22.1 Å². The number of aliphatic hydroxyl groups is 1. The van der Waals surface area contributed by atoms with Gasteiger partial charge < -0.3 is 15.6 Å². The highest BCUT2D eigenvalue weighted by Gasteiger charge is 2.33. The fraction of sp³-hybridized carbons (Fsp3) is 0.235. The fourth-order valence-corrected chi connectivity index (χ4v) is 3.28. The largest absolute Gasteiger partial charge is 0.479 e. The van der Waals surface area contributed by atoms with Crippen molar-refractivity contribution in [1.29, 1.82) is 0 Å². The normalized spacial score (nSPS) is 20.0.